The van der Waals surface area contributed by atoms with Gasteiger partial charge < -0.3 is 10.2 Å². The fraction of sp³-hybridized carbons (Fsp3) is 0.450. The summed E-state index contributed by atoms with van der Waals surface area (Å²) in [4.78, 5) is 4.72. The normalized spacial score (nSPS) is 14.2. The zero-order valence-electron chi connectivity index (χ0n) is 14.7. The number of hydrogen-bond acceptors (Lipinski definition) is 3. The minimum absolute atomic E-state index is 0.154. The van der Waals surface area contributed by atoms with E-state index in [-0.39, 0.29) is 18.3 Å². The fourth-order valence-electron chi connectivity index (χ4n) is 2.85. The van der Waals surface area contributed by atoms with E-state index in [2.05, 4.69) is 13.8 Å². The lowest BCUT2D eigenvalue weighted by molar-refractivity contribution is 0.105. The molecule has 1 aromatic heterocycles. The Morgan fingerprint density at radius 3 is 2.08 bits per heavy atom. The van der Waals surface area contributed by atoms with Gasteiger partial charge in [0, 0.05) is 22.9 Å². The molecule has 2 N–H and O–H groups in total. The second-order valence-corrected chi connectivity index (χ2v) is 6.81. The van der Waals surface area contributed by atoms with Gasteiger partial charge >= 0.3 is 0 Å². The van der Waals surface area contributed by atoms with E-state index in [4.69, 9.17) is 4.98 Å². The lowest BCUT2D eigenvalue weighted by Gasteiger charge is -2.25. The molecule has 0 bridgehead atoms. The highest BCUT2D eigenvalue weighted by Crippen LogP contribution is 2.35. The Kier molecular flexibility index (Phi) is 6.08. The van der Waals surface area contributed by atoms with Crippen molar-refractivity contribution in [3.8, 4) is 0 Å². The van der Waals surface area contributed by atoms with Crippen LogP contribution >= 0.6 is 0 Å². The topological polar surface area (TPSA) is 53.4 Å². The SMILES string of the molecule is CC(C)c1ccc(C(O)C(CO)c2ccc(F)cc2)c(C(C)C)n1. The first-order valence-corrected chi connectivity index (χ1v) is 8.40. The Hall–Kier alpha value is -1.78. The third-order valence-electron chi connectivity index (χ3n) is 4.31. The van der Waals surface area contributed by atoms with Gasteiger partial charge in [-0.3, -0.25) is 4.98 Å². The first kappa shape index (κ1) is 18.6. The summed E-state index contributed by atoms with van der Waals surface area (Å²) >= 11 is 0. The van der Waals surface area contributed by atoms with Crippen molar-refractivity contribution in [2.45, 2.75) is 51.6 Å². The average molecular weight is 331 g/mol. The van der Waals surface area contributed by atoms with Gasteiger partial charge in [-0.05, 0) is 35.6 Å². The maximum atomic E-state index is 13.1. The minimum Gasteiger partial charge on any atom is -0.396 e. The van der Waals surface area contributed by atoms with Crippen LogP contribution in [0.5, 0.6) is 0 Å². The van der Waals surface area contributed by atoms with Crippen molar-refractivity contribution >= 4 is 0 Å². The largest absolute Gasteiger partial charge is 0.396 e. The number of benzene rings is 1. The summed E-state index contributed by atoms with van der Waals surface area (Å²) in [6.07, 6.45) is -0.897. The molecule has 3 nitrogen and oxygen atoms in total. The van der Waals surface area contributed by atoms with E-state index in [1.54, 1.807) is 12.1 Å². The first-order chi connectivity index (χ1) is 11.3. The van der Waals surface area contributed by atoms with Gasteiger partial charge in [0.15, 0.2) is 0 Å². The van der Waals surface area contributed by atoms with E-state index in [1.165, 1.54) is 12.1 Å². The first-order valence-electron chi connectivity index (χ1n) is 8.40. The van der Waals surface area contributed by atoms with Crippen LogP contribution in [0.3, 0.4) is 0 Å². The Balaban J connectivity index is 2.42. The van der Waals surface area contributed by atoms with Crippen LogP contribution in [0, 0.1) is 5.82 Å². The van der Waals surface area contributed by atoms with E-state index in [0.717, 1.165) is 17.0 Å². The van der Waals surface area contributed by atoms with Crippen LogP contribution in [-0.2, 0) is 0 Å². The number of nitrogens with zero attached hydrogens (tertiary/aromatic N) is 1. The summed E-state index contributed by atoms with van der Waals surface area (Å²) in [5, 5.41) is 20.6. The molecule has 2 aromatic rings. The van der Waals surface area contributed by atoms with Crippen molar-refractivity contribution in [3.63, 3.8) is 0 Å². The van der Waals surface area contributed by atoms with Crippen molar-refractivity contribution < 1.29 is 14.6 Å². The standard InChI is InChI=1S/C20H26FNO2/c1-12(2)18-10-9-16(19(22-18)13(3)4)20(24)17(11-23)14-5-7-15(21)8-6-14/h5-10,12-13,17,20,23-24H,11H2,1-4H3. The molecular formula is C20H26FNO2. The maximum absolute atomic E-state index is 13.1. The van der Waals surface area contributed by atoms with Gasteiger partial charge in [0.2, 0.25) is 0 Å². The number of rotatable bonds is 6. The highest BCUT2D eigenvalue weighted by Gasteiger charge is 2.26. The Bertz CT molecular complexity index is 668. The van der Waals surface area contributed by atoms with Crippen LogP contribution in [0.15, 0.2) is 36.4 Å². The van der Waals surface area contributed by atoms with Crippen molar-refractivity contribution in [2.24, 2.45) is 0 Å². The maximum Gasteiger partial charge on any atom is 0.123 e. The summed E-state index contributed by atoms with van der Waals surface area (Å²) < 4.78 is 13.1. The summed E-state index contributed by atoms with van der Waals surface area (Å²) in [6.45, 7) is 8.01. The molecule has 4 heteroatoms. The summed E-state index contributed by atoms with van der Waals surface area (Å²) in [5.74, 6) is -0.397. The van der Waals surface area contributed by atoms with Crippen LogP contribution in [0.4, 0.5) is 4.39 Å². The fourth-order valence-corrected chi connectivity index (χ4v) is 2.85. The van der Waals surface area contributed by atoms with E-state index in [1.807, 2.05) is 26.0 Å². The minimum atomic E-state index is -0.897. The number of hydrogen-bond donors (Lipinski definition) is 2. The Morgan fingerprint density at radius 2 is 1.58 bits per heavy atom. The molecular weight excluding hydrogens is 305 g/mol. The molecule has 0 fully saturated rings. The van der Waals surface area contributed by atoms with Gasteiger partial charge in [0.1, 0.15) is 5.82 Å². The van der Waals surface area contributed by atoms with Crippen LogP contribution in [0.25, 0.3) is 0 Å². The molecule has 0 saturated heterocycles. The smallest absolute Gasteiger partial charge is 0.123 e. The monoisotopic (exact) mass is 331 g/mol. The highest BCUT2D eigenvalue weighted by molar-refractivity contribution is 5.33. The van der Waals surface area contributed by atoms with Crippen molar-refractivity contribution in [1.29, 1.82) is 0 Å². The number of pyridine rings is 1. The van der Waals surface area contributed by atoms with Crippen LogP contribution in [0.2, 0.25) is 0 Å². The van der Waals surface area contributed by atoms with Gasteiger partial charge in [-0.2, -0.15) is 0 Å². The van der Waals surface area contributed by atoms with Crippen LogP contribution in [-0.4, -0.2) is 21.8 Å². The molecule has 1 heterocycles. The quantitative estimate of drug-likeness (QED) is 0.831. The average Bonchev–Trinajstić information content (AvgIpc) is 2.56. The second-order valence-electron chi connectivity index (χ2n) is 6.81. The molecule has 0 aliphatic rings. The Labute approximate surface area is 143 Å². The van der Waals surface area contributed by atoms with Gasteiger partial charge in [-0.1, -0.05) is 45.9 Å². The molecule has 24 heavy (non-hydrogen) atoms. The number of aliphatic hydroxyl groups is 2. The molecule has 2 unspecified atom stereocenters. The van der Waals surface area contributed by atoms with Gasteiger partial charge in [-0.25, -0.2) is 4.39 Å². The summed E-state index contributed by atoms with van der Waals surface area (Å²) in [7, 11) is 0. The lowest BCUT2D eigenvalue weighted by Crippen LogP contribution is -2.18. The number of aliphatic hydroxyl groups excluding tert-OH is 2. The van der Waals surface area contributed by atoms with Crippen LogP contribution < -0.4 is 0 Å². The highest BCUT2D eigenvalue weighted by atomic mass is 19.1. The molecule has 1 aromatic carbocycles. The predicted octanol–water partition coefficient (Wildman–Crippen LogP) is 4.28. The third-order valence-corrected chi connectivity index (χ3v) is 4.31. The number of halogens is 1. The molecule has 0 amide bonds. The molecule has 0 saturated carbocycles. The Morgan fingerprint density at radius 1 is 0.958 bits per heavy atom. The zero-order chi connectivity index (χ0) is 17.9. The molecule has 130 valence electrons. The molecule has 0 radical (unpaired) electrons. The van der Waals surface area contributed by atoms with E-state index in [9.17, 15) is 14.6 Å². The number of aromatic nitrogens is 1. The third kappa shape index (κ3) is 4.00. The lowest BCUT2D eigenvalue weighted by atomic mass is 9.87. The predicted molar refractivity (Wildman–Crippen MR) is 93.6 cm³/mol. The zero-order valence-corrected chi connectivity index (χ0v) is 14.7. The van der Waals surface area contributed by atoms with Crippen molar-refractivity contribution in [1.82, 2.24) is 4.98 Å². The molecule has 2 atom stereocenters. The van der Waals surface area contributed by atoms with E-state index >= 15 is 0 Å². The van der Waals surface area contributed by atoms with Crippen molar-refractivity contribution in [2.75, 3.05) is 6.61 Å². The van der Waals surface area contributed by atoms with Crippen LogP contribution in [0.1, 0.15) is 74.1 Å². The van der Waals surface area contributed by atoms with Gasteiger partial charge in [0.25, 0.3) is 0 Å². The molecule has 0 spiro atoms. The molecule has 0 aliphatic carbocycles. The van der Waals surface area contributed by atoms with E-state index < -0.39 is 12.0 Å². The van der Waals surface area contributed by atoms with E-state index in [0.29, 0.717) is 11.5 Å². The summed E-state index contributed by atoms with van der Waals surface area (Å²) in [5.41, 5.74) is 3.25. The molecule has 2 rings (SSSR count). The van der Waals surface area contributed by atoms with Gasteiger partial charge in [-0.15, -0.1) is 0 Å². The summed E-state index contributed by atoms with van der Waals surface area (Å²) in [6, 6.07) is 9.71. The van der Waals surface area contributed by atoms with Crippen molar-refractivity contribution in [3.05, 3.63) is 64.7 Å². The van der Waals surface area contributed by atoms with Gasteiger partial charge in [0.05, 0.1) is 12.7 Å². The molecule has 0 aliphatic heterocycles. The second kappa shape index (κ2) is 7.86.